The molecule has 0 aliphatic carbocycles. The fourth-order valence-corrected chi connectivity index (χ4v) is 0.306. The van der Waals surface area contributed by atoms with E-state index in [4.69, 9.17) is 5.41 Å². The number of unbranched alkanes of at least 4 members (excludes halogenated alkanes) is 2. The molecular weight excluding hydrogens is 133 g/mol. The molecule has 1 nitrogen and oxygen atoms in total. The molecular formula is C5H11CoN+3. The maximum atomic E-state index is 6.58. The monoisotopic (exact) mass is 144 g/mol. The topological polar surface area (TPSA) is 23.9 Å². The normalized spacial score (nSPS) is 7.00. The summed E-state index contributed by atoms with van der Waals surface area (Å²) in [7, 11) is 0. The van der Waals surface area contributed by atoms with Crippen LogP contribution in [0.5, 0.6) is 0 Å². The minimum atomic E-state index is 0. The van der Waals surface area contributed by atoms with Crippen LogP contribution in [0.3, 0.4) is 0 Å². The van der Waals surface area contributed by atoms with E-state index in [9.17, 15) is 0 Å². The smallest absolute Gasteiger partial charge is 0.313 e. The van der Waals surface area contributed by atoms with E-state index < -0.39 is 0 Å². The molecule has 0 heterocycles. The molecule has 42 valence electrons. The van der Waals surface area contributed by atoms with E-state index in [2.05, 4.69) is 6.92 Å². The molecule has 0 spiro atoms. The van der Waals surface area contributed by atoms with Gasteiger partial charge in [0.2, 0.25) is 0 Å². The van der Waals surface area contributed by atoms with Gasteiger partial charge < -0.3 is 5.41 Å². The van der Waals surface area contributed by atoms with Gasteiger partial charge in [0.1, 0.15) is 0 Å². The first-order chi connectivity index (χ1) is 2.91. The van der Waals surface area contributed by atoms with Crippen LogP contribution in [-0.4, -0.2) is 6.21 Å². The van der Waals surface area contributed by atoms with E-state index >= 15 is 0 Å². The third-order valence-corrected chi connectivity index (χ3v) is 0.702. The van der Waals surface area contributed by atoms with Crippen LogP contribution < -0.4 is 0 Å². The summed E-state index contributed by atoms with van der Waals surface area (Å²) in [6.45, 7) is 2.13. The number of hydrogen-bond donors (Lipinski definition) is 1. The Hall–Kier alpha value is 0.176. The van der Waals surface area contributed by atoms with Gasteiger partial charge in [0.05, 0.1) is 0 Å². The molecule has 0 radical (unpaired) electrons. The van der Waals surface area contributed by atoms with Gasteiger partial charge in [-0.1, -0.05) is 13.3 Å². The van der Waals surface area contributed by atoms with Crippen molar-refractivity contribution in [2.45, 2.75) is 26.2 Å². The van der Waals surface area contributed by atoms with Crippen LogP contribution in [0, 0.1) is 5.41 Å². The molecule has 0 amide bonds. The molecule has 0 unspecified atom stereocenters. The Labute approximate surface area is 55.2 Å². The Balaban J connectivity index is 0. The number of hydrogen-bond acceptors (Lipinski definition) is 1. The Morgan fingerprint density at radius 1 is 1.57 bits per heavy atom. The van der Waals surface area contributed by atoms with Crippen LogP contribution in [0.15, 0.2) is 0 Å². The second-order valence-electron chi connectivity index (χ2n) is 1.35. The maximum Gasteiger partial charge on any atom is 3.00 e. The van der Waals surface area contributed by atoms with Crippen molar-refractivity contribution in [3.05, 3.63) is 0 Å². The molecule has 0 saturated heterocycles. The third-order valence-electron chi connectivity index (χ3n) is 0.702. The molecule has 0 fully saturated rings. The van der Waals surface area contributed by atoms with Gasteiger partial charge in [0.15, 0.2) is 0 Å². The van der Waals surface area contributed by atoms with Crippen LogP contribution in [0.25, 0.3) is 0 Å². The number of nitrogens with one attached hydrogen (secondary N) is 1. The summed E-state index contributed by atoms with van der Waals surface area (Å²) in [5.74, 6) is 0. The standard InChI is InChI=1S/C5H11N.Co/c1-2-3-4-5-6;/h5-6H,2-4H2,1H3;/q;+3. The Morgan fingerprint density at radius 2 is 2.14 bits per heavy atom. The summed E-state index contributed by atoms with van der Waals surface area (Å²) >= 11 is 0. The first-order valence-corrected chi connectivity index (χ1v) is 2.40. The summed E-state index contributed by atoms with van der Waals surface area (Å²) < 4.78 is 0. The third kappa shape index (κ3) is 10.7. The van der Waals surface area contributed by atoms with E-state index in [1.807, 2.05) is 0 Å². The molecule has 0 aliphatic heterocycles. The van der Waals surface area contributed by atoms with Crippen molar-refractivity contribution in [1.29, 1.82) is 5.41 Å². The fraction of sp³-hybridized carbons (Fsp3) is 0.800. The molecule has 1 N–H and O–H groups in total. The van der Waals surface area contributed by atoms with Crippen molar-refractivity contribution in [1.82, 2.24) is 0 Å². The fourth-order valence-electron chi connectivity index (χ4n) is 0.306. The minimum Gasteiger partial charge on any atom is -0.313 e. The van der Waals surface area contributed by atoms with Gasteiger partial charge in [0, 0.05) is 0 Å². The summed E-state index contributed by atoms with van der Waals surface area (Å²) in [6.07, 6.45) is 4.79. The summed E-state index contributed by atoms with van der Waals surface area (Å²) in [6, 6.07) is 0. The summed E-state index contributed by atoms with van der Waals surface area (Å²) in [4.78, 5) is 0. The number of rotatable bonds is 3. The molecule has 0 saturated carbocycles. The van der Waals surface area contributed by atoms with Crippen molar-refractivity contribution >= 4 is 6.21 Å². The largest absolute Gasteiger partial charge is 3.00 e. The average molecular weight is 144 g/mol. The summed E-state index contributed by atoms with van der Waals surface area (Å²) in [5, 5.41) is 6.58. The van der Waals surface area contributed by atoms with Gasteiger partial charge in [0.25, 0.3) is 0 Å². The molecule has 0 rings (SSSR count). The van der Waals surface area contributed by atoms with Crippen molar-refractivity contribution in [3.8, 4) is 0 Å². The molecule has 0 aromatic rings. The van der Waals surface area contributed by atoms with Crippen LogP contribution in [0.1, 0.15) is 26.2 Å². The molecule has 7 heavy (non-hydrogen) atoms. The Morgan fingerprint density at radius 3 is 2.29 bits per heavy atom. The second kappa shape index (κ2) is 9.49. The molecule has 0 aromatic carbocycles. The SMILES string of the molecule is CCCCC=N.[Co+3]. The van der Waals surface area contributed by atoms with Crippen LogP contribution in [-0.2, 0) is 16.8 Å². The van der Waals surface area contributed by atoms with Crippen LogP contribution in [0.2, 0.25) is 0 Å². The minimum absolute atomic E-state index is 0. The quantitative estimate of drug-likeness (QED) is 0.461. The molecule has 0 bridgehead atoms. The summed E-state index contributed by atoms with van der Waals surface area (Å²) in [5.41, 5.74) is 0. The van der Waals surface area contributed by atoms with Crippen molar-refractivity contribution < 1.29 is 16.8 Å². The van der Waals surface area contributed by atoms with Crippen molar-refractivity contribution in [2.24, 2.45) is 0 Å². The van der Waals surface area contributed by atoms with Gasteiger partial charge in [-0.15, -0.1) is 0 Å². The molecule has 0 aromatic heterocycles. The van der Waals surface area contributed by atoms with E-state index in [0.29, 0.717) is 0 Å². The predicted molar refractivity (Wildman–Crippen MR) is 28.3 cm³/mol. The zero-order chi connectivity index (χ0) is 4.83. The van der Waals surface area contributed by atoms with Crippen LogP contribution in [0.4, 0.5) is 0 Å². The van der Waals surface area contributed by atoms with Gasteiger partial charge >= 0.3 is 16.8 Å². The first-order valence-electron chi connectivity index (χ1n) is 2.40. The molecule has 0 atom stereocenters. The Bertz CT molecular complexity index is 37.1. The van der Waals surface area contributed by atoms with Gasteiger partial charge in [-0.25, -0.2) is 0 Å². The van der Waals surface area contributed by atoms with Crippen molar-refractivity contribution in [3.63, 3.8) is 0 Å². The zero-order valence-electron chi connectivity index (χ0n) is 4.53. The maximum absolute atomic E-state index is 6.58. The van der Waals surface area contributed by atoms with E-state index in [1.165, 1.54) is 19.1 Å². The molecule has 0 aliphatic rings. The van der Waals surface area contributed by atoms with E-state index in [-0.39, 0.29) is 16.8 Å². The van der Waals surface area contributed by atoms with Gasteiger partial charge in [-0.05, 0) is 19.1 Å². The zero-order valence-corrected chi connectivity index (χ0v) is 5.57. The first kappa shape index (κ1) is 10.2. The van der Waals surface area contributed by atoms with Gasteiger partial charge in [-0.2, -0.15) is 0 Å². The second-order valence-corrected chi connectivity index (χ2v) is 1.35. The predicted octanol–water partition coefficient (Wildman–Crippen LogP) is 1.82. The van der Waals surface area contributed by atoms with Crippen LogP contribution >= 0.6 is 0 Å². The molecule has 2 heteroatoms. The Kier molecular flexibility index (Phi) is 13.8. The van der Waals surface area contributed by atoms with Gasteiger partial charge in [-0.3, -0.25) is 0 Å². The van der Waals surface area contributed by atoms with E-state index in [0.717, 1.165) is 6.42 Å². The average Bonchev–Trinajstić information content (AvgIpc) is 1.61. The van der Waals surface area contributed by atoms with E-state index in [1.54, 1.807) is 0 Å². The van der Waals surface area contributed by atoms with Crippen molar-refractivity contribution in [2.75, 3.05) is 0 Å².